The fourth-order valence-corrected chi connectivity index (χ4v) is 7.84. The first-order chi connectivity index (χ1) is 18.1. The van der Waals surface area contributed by atoms with Crippen LogP contribution in [0.25, 0.3) is 11.1 Å². The molecule has 1 aromatic carbocycles. The Bertz CT molecular complexity index is 1600. The van der Waals surface area contributed by atoms with Crippen molar-refractivity contribution in [2.75, 3.05) is 37.6 Å². The fraction of sp³-hybridized carbons (Fsp3) is 0.440. The number of halogens is 1. The first kappa shape index (κ1) is 27.8. The second-order valence-electron chi connectivity index (χ2n) is 10.5. The third-order valence-electron chi connectivity index (χ3n) is 7.70. The van der Waals surface area contributed by atoms with Crippen molar-refractivity contribution in [1.82, 2.24) is 14.8 Å². The van der Waals surface area contributed by atoms with Crippen LogP contribution in [0.15, 0.2) is 36.5 Å². The number of amides is 2. The molecule has 1 aromatic heterocycles. The molecule has 3 aliphatic heterocycles. The van der Waals surface area contributed by atoms with E-state index in [0.29, 0.717) is 22.0 Å². The van der Waals surface area contributed by atoms with Crippen molar-refractivity contribution < 1.29 is 31.2 Å². The van der Waals surface area contributed by atoms with Crippen LogP contribution in [-0.2, 0) is 34.0 Å². The standard InChI is InChI=1S/C25H29ClN4O7S2/c1-14-11-29(23(14)30-19(38(3,33)34)12-37-13-25(30,2)39(4,35)36)24(32)21(18-6-5-9-27-18)20-16-10-15(26)7-8-17(16)28-22(20)31/h5-10,14,19,23,27H,11-13H2,1-4H3,(H,28,31). The molecule has 2 aromatic rings. The van der Waals surface area contributed by atoms with E-state index in [-0.39, 0.29) is 36.8 Å². The van der Waals surface area contributed by atoms with Gasteiger partial charge in [-0.3, -0.25) is 9.59 Å². The van der Waals surface area contributed by atoms with E-state index >= 15 is 0 Å². The monoisotopic (exact) mass is 596 g/mol. The van der Waals surface area contributed by atoms with Gasteiger partial charge in [-0.2, -0.15) is 0 Å². The normalized spacial score (nSPS) is 29.0. The number of carbonyl (C=O) groups excluding carboxylic acids is 2. The number of ether oxygens (including phenoxy) is 1. The Morgan fingerprint density at radius 3 is 2.49 bits per heavy atom. The van der Waals surface area contributed by atoms with E-state index in [0.717, 1.165) is 12.5 Å². The molecular weight excluding hydrogens is 568 g/mol. The number of anilines is 1. The number of likely N-dealkylation sites (tertiary alicyclic amines) is 1. The Morgan fingerprint density at radius 1 is 1.18 bits per heavy atom. The first-order valence-electron chi connectivity index (χ1n) is 12.2. The topological polar surface area (TPSA) is 146 Å². The molecule has 2 saturated heterocycles. The molecule has 0 spiro atoms. The molecule has 0 saturated carbocycles. The molecule has 5 rings (SSSR count). The SMILES string of the molecule is CC1CN(C(=O)C(=C2C(=O)Nc3ccc(Cl)cc32)c2ccc[nH]2)C1N1C(S(C)(=O)=O)COCC1(C)S(C)(=O)=O. The van der Waals surface area contributed by atoms with E-state index in [4.69, 9.17) is 16.3 Å². The van der Waals surface area contributed by atoms with E-state index in [1.54, 1.807) is 36.5 Å². The zero-order chi connectivity index (χ0) is 28.5. The molecule has 2 N–H and O–H groups in total. The Balaban J connectivity index is 1.67. The fourth-order valence-electron chi connectivity index (χ4n) is 5.57. The predicted molar refractivity (Wildman–Crippen MR) is 147 cm³/mol. The smallest absolute Gasteiger partial charge is 0.258 e. The minimum Gasteiger partial charge on any atom is -0.376 e. The number of sulfone groups is 2. The summed E-state index contributed by atoms with van der Waals surface area (Å²) in [5.74, 6) is -1.31. The van der Waals surface area contributed by atoms with Crippen molar-refractivity contribution >= 4 is 59.9 Å². The molecular formula is C25H29ClN4O7S2. The van der Waals surface area contributed by atoms with Gasteiger partial charge in [0.05, 0.1) is 36.2 Å². The summed E-state index contributed by atoms with van der Waals surface area (Å²) >= 11 is 6.23. The van der Waals surface area contributed by atoms with Gasteiger partial charge >= 0.3 is 0 Å². The van der Waals surface area contributed by atoms with Crippen LogP contribution < -0.4 is 5.32 Å². The quantitative estimate of drug-likeness (QED) is 0.497. The summed E-state index contributed by atoms with van der Waals surface area (Å²) in [6.07, 6.45) is 2.77. The lowest BCUT2D eigenvalue weighted by molar-refractivity contribution is -0.171. The zero-order valence-electron chi connectivity index (χ0n) is 21.8. The van der Waals surface area contributed by atoms with Crippen molar-refractivity contribution in [1.29, 1.82) is 0 Å². The summed E-state index contributed by atoms with van der Waals surface area (Å²) in [4.78, 5) is 31.6. The number of nitrogens with zero attached hydrogens (tertiary/aromatic N) is 2. The number of aromatic nitrogens is 1. The Kier molecular flexibility index (Phi) is 6.74. The van der Waals surface area contributed by atoms with Gasteiger partial charge in [-0.05, 0) is 37.3 Å². The van der Waals surface area contributed by atoms with E-state index in [2.05, 4.69) is 10.3 Å². The van der Waals surface area contributed by atoms with Crippen LogP contribution in [0.2, 0.25) is 5.02 Å². The van der Waals surface area contributed by atoms with E-state index < -0.39 is 47.9 Å². The van der Waals surface area contributed by atoms with Crippen molar-refractivity contribution in [3.63, 3.8) is 0 Å². The Labute approximate surface area is 232 Å². The lowest BCUT2D eigenvalue weighted by atomic mass is 9.90. The molecule has 4 heterocycles. The minimum atomic E-state index is -3.89. The van der Waals surface area contributed by atoms with Crippen LogP contribution >= 0.6 is 11.6 Å². The van der Waals surface area contributed by atoms with Gasteiger partial charge in [-0.1, -0.05) is 18.5 Å². The van der Waals surface area contributed by atoms with Gasteiger partial charge in [0.2, 0.25) is 0 Å². The number of carbonyl (C=O) groups is 2. The van der Waals surface area contributed by atoms with Crippen LogP contribution in [-0.4, -0.2) is 92.1 Å². The number of benzene rings is 1. The molecule has 39 heavy (non-hydrogen) atoms. The first-order valence-corrected chi connectivity index (χ1v) is 16.4. The number of morpholine rings is 1. The second-order valence-corrected chi connectivity index (χ2v) is 15.5. The molecule has 210 valence electrons. The van der Waals surface area contributed by atoms with Crippen molar-refractivity contribution in [2.45, 2.75) is 30.3 Å². The molecule has 0 radical (unpaired) electrons. The van der Waals surface area contributed by atoms with E-state index in [1.807, 2.05) is 6.92 Å². The number of nitrogens with one attached hydrogen (secondary N) is 2. The predicted octanol–water partition coefficient (Wildman–Crippen LogP) is 1.80. The number of hydrogen-bond donors (Lipinski definition) is 2. The number of H-pyrrole nitrogens is 1. The summed E-state index contributed by atoms with van der Waals surface area (Å²) in [6.45, 7) is 2.96. The Morgan fingerprint density at radius 2 is 1.90 bits per heavy atom. The maximum Gasteiger partial charge on any atom is 0.258 e. The Hall–Kier alpha value is -2.71. The highest BCUT2D eigenvalue weighted by molar-refractivity contribution is 7.92. The highest BCUT2D eigenvalue weighted by Crippen LogP contribution is 2.44. The summed E-state index contributed by atoms with van der Waals surface area (Å²) < 4.78 is 57.4. The van der Waals surface area contributed by atoms with E-state index in [1.165, 1.54) is 16.7 Å². The lowest BCUT2D eigenvalue weighted by Gasteiger charge is -2.59. The third-order valence-corrected chi connectivity index (χ3v) is 11.2. The molecule has 11 nitrogen and oxygen atoms in total. The molecule has 0 bridgehead atoms. The molecule has 4 unspecified atom stereocenters. The highest BCUT2D eigenvalue weighted by Gasteiger charge is 2.59. The summed E-state index contributed by atoms with van der Waals surface area (Å²) in [5, 5.41) is 1.84. The van der Waals surface area contributed by atoms with Crippen LogP contribution in [0.5, 0.6) is 0 Å². The zero-order valence-corrected chi connectivity index (χ0v) is 24.2. The van der Waals surface area contributed by atoms with Gasteiger partial charge in [0, 0.05) is 47.4 Å². The maximum atomic E-state index is 14.3. The third kappa shape index (κ3) is 4.49. The largest absolute Gasteiger partial charge is 0.376 e. The van der Waals surface area contributed by atoms with Gasteiger partial charge < -0.3 is 19.9 Å². The van der Waals surface area contributed by atoms with Crippen LogP contribution in [0, 0.1) is 5.92 Å². The maximum absolute atomic E-state index is 14.3. The minimum absolute atomic E-state index is 0.0700. The van der Waals surface area contributed by atoms with Crippen LogP contribution in [0.4, 0.5) is 5.69 Å². The molecule has 2 fully saturated rings. The number of rotatable bonds is 5. The molecule has 3 aliphatic rings. The number of aromatic amines is 1. The molecule has 4 atom stereocenters. The summed E-state index contributed by atoms with van der Waals surface area (Å²) in [6, 6.07) is 8.22. The van der Waals surface area contributed by atoms with Gasteiger partial charge in [0.25, 0.3) is 11.8 Å². The van der Waals surface area contributed by atoms with Crippen molar-refractivity contribution in [3.05, 3.63) is 52.8 Å². The van der Waals surface area contributed by atoms with Crippen LogP contribution in [0.1, 0.15) is 25.1 Å². The average Bonchev–Trinajstić information content (AvgIpc) is 3.46. The number of hydrogen-bond acceptors (Lipinski definition) is 8. The van der Waals surface area contributed by atoms with E-state index in [9.17, 15) is 26.4 Å². The van der Waals surface area contributed by atoms with Crippen molar-refractivity contribution in [3.8, 4) is 0 Å². The number of fused-ring (bicyclic) bond motifs is 1. The van der Waals surface area contributed by atoms with Gasteiger partial charge in [-0.15, -0.1) is 0 Å². The van der Waals surface area contributed by atoms with Gasteiger partial charge in [0.1, 0.15) is 10.2 Å². The molecule has 0 aliphatic carbocycles. The van der Waals surface area contributed by atoms with Crippen LogP contribution in [0.3, 0.4) is 0 Å². The lowest BCUT2D eigenvalue weighted by Crippen LogP contribution is -2.76. The summed E-state index contributed by atoms with van der Waals surface area (Å²) in [5.41, 5.74) is 1.52. The second kappa shape index (κ2) is 9.44. The highest BCUT2D eigenvalue weighted by atomic mass is 35.5. The average molecular weight is 597 g/mol. The summed E-state index contributed by atoms with van der Waals surface area (Å²) in [7, 11) is -7.72. The molecule has 2 amide bonds. The molecule has 14 heteroatoms. The van der Waals surface area contributed by atoms with Crippen molar-refractivity contribution in [2.24, 2.45) is 5.92 Å². The van der Waals surface area contributed by atoms with Gasteiger partial charge in [-0.25, -0.2) is 21.7 Å². The van der Waals surface area contributed by atoms with Gasteiger partial charge in [0.15, 0.2) is 19.7 Å².